The summed E-state index contributed by atoms with van der Waals surface area (Å²) in [6.07, 6.45) is 1.18. The van der Waals surface area contributed by atoms with Crippen molar-refractivity contribution in [1.29, 1.82) is 0 Å². The highest BCUT2D eigenvalue weighted by Crippen LogP contribution is 2.35. The van der Waals surface area contributed by atoms with Crippen molar-refractivity contribution in [2.24, 2.45) is 0 Å². The highest BCUT2D eigenvalue weighted by atomic mass is 16.5. The highest BCUT2D eigenvalue weighted by molar-refractivity contribution is 6.07. The van der Waals surface area contributed by atoms with Crippen molar-refractivity contribution in [3.8, 4) is 5.75 Å². The summed E-state index contributed by atoms with van der Waals surface area (Å²) in [5.41, 5.74) is 1.13. The van der Waals surface area contributed by atoms with Crippen molar-refractivity contribution in [2.75, 3.05) is 0 Å². The molecule has 0 aliphatic carbocycles. The van der Waals surface area contributed by atoms with Crippen molar-refractivity contribution in [2.45, 2.75) is 6.92 Å². The molecule has 0 fully saturated rings. The van der Waals surface area contributed by atoms with E-state index in [1.165, 1.54) is 6.08 Å². The number of ether oxygens (including phenoxy) is 1. The Bertz CT molecular complexity index is 831. The molecule has 0 aromatic heterocycles. The predicted molar refractivity (Wildman–Crippen MR) is 82.0 cm³/mol. The molecule has 0 saturated carbocycles. The molecule has 0 heterocycles. The lowest BCUT2D eigenvalue weighted by Gasteiger charge is -2.11. The average molecular weight is 262 g/mol. The Labute approximate surface area is 117 Å². The van der Waals surface area contributed by atoms with Gasteiger partial charge >= 0.3 is 5.97 Å². The van der Waals surface area contributed by atoms with E-state index < -0.39 is 5.97 Å². The van der Waals surface area contributed by atoms with E-state index in [0.29, 0.717) is 5.75 Å². The quantitative estimate of drug-likeness (QED) is 0.296. The fourth-order valence-electron chi connectivity index (χ4n) is 2.39. The van der Waals surface area contributed by atoms with Crippen LogP contribution < -0.4 is 4.74 Å². The first-order valence-corrected chi connectivity index (χ1v) is 6.45. The molecule has 0 unspecified atom stereocenters. The minimum atomic E-state index is -0.441. The molecule has 3 aromatic rings. The lowest BCUT2D eigenvalue weighted by molar-refractivity contribution is -0.128. The summed E-state index contributed by atoms with van der Waals surface area (Å²) in [5.74, 6) is 0.163. The van der Waals surface area contributed by atoms with Gasteiger partial charge in [0.15, 0.2) is 0 Å². The van der Waals surface area contributed by atoms with Crippen LogP contribution in [-0.2, 0) is 4.79 Å². The lowest BCUT2D eigenvalue weighted by Crippen LogP contribution is -2.04. The third kappa shape index (κ3) is 2.05. The number of hydrogen-bond donors (Lipinski definition) is 0. The van der Waals surface area contributed by atoms with Gasteiger partial charge in [0.1, 0.15) is 5.75 Å². The molecule has 3 rings (SSSR count). The van der Waals surface area contributed by atoms with E-state index in [1.54, 1.807) is 0 Å². The zero-order valence-corrected chi connectivity index (χ0v) is 11.2. The van der Waals surface area contributed by atoms with E-state index in [2.05, 4.69) is 18.7 Å². The molecule has 0 amide bonds. The second-order valence-corrected chi connectivity index (χ2v) is 4.78. The monoisotopic (exact) mass is 262 g/mol. The van der Waals surface area contributed by atoms with Gasteiger partial charge in [-0.15, -0.1) is 0 Å². The third-order valence-corrected chi connectivity index (χ3v) is 3.34. The molecular weight excluding hydrogens is 248 g/mol. The van der Waals surface area contributed by atoms with Crippen LogP contribution in [0.1, 0.15) is 5.56 Å². The van der Waals surface area contributed by atoms with Gasteiger partial charge in [-0.05, 0) is 29.8 Å². The van der Waals surface area contributed by atoms with Gasteiger partial charge in [0.25, 0.3) is 0 Å². The number of hydrogen-bond acceptors (Lipinski definition) is 2. The normalized spacial score (nSPS) is 10.7. The molecule has 0 radical (unpaired) electrons. The Hall–Kier alpha value is -2.61. The van der Waals surface area contributed by atoms with E-state index in [9.17, 15) is 4.79 Å². The lowest BCUT2D eigenvalue weighted by atomic mass is 10.0. The van der Waals surface area contributed by atoms with Gasteiger partial charge in [0, 0.05) is 16.8 Å². The number of carbonyl (C=O) groups is 1. The van der Waals surface area contributed by atoms with E-state index >= 15 is 0 Å². The van der Waals surface area contributed by atoms with Gasteiger partial charge in [-0.2, -0.15) is 0 Å². The van der Waals surface area contributed by atoms with Gasteiger partial charge in [-0.3, -0.25) is 0 Å². The van der Waals surface area contributed by atoms with Gasteiger partial charge in [0.2, 0.25) is 0 Å². The smallest absolute Gasteiger partial charge is 0.335 e. The second kappa shape index (κ2) is 4.82. The van der Waals surface area contributed by atoms with Crippen LogP contribution in [0.3, 0.4) is 0 Å². The zero-order valence-electron chi connectivity index (χ0n) is 11.2. The highest BCUT2D eigenvalue weighted by Gasteiger charge is 2.11. The van der Waals surface area contributed by atoms with Gasteiger partial charge in [0.05, 0.1) is 0 Å². The largest absolute Gasteiger partial charge is 0.422 e. The summed E-state index contributed by atoms with van der Waals surface area (Å²) in [6.45, 7) is 5.48. The zero-order chi connectivity index (χ0) is 14.1. The molecule has 0 atom stereocenters. The third-order valence-electron chi connectivity index (χ3n) is 3.34. The molecule has 2 heteroatoms. The predicted octanol–water partition coefficient (Wildman–Crippen LogP) is 4.39. The molecule has 0 aliphatic rings. The molecule has 20 heavy (non-hydrogen) atoms. The van der Waals surface area contributed by atoms with Gasteiger partial charge in [-0.1, -0.05) is 48.5 Å². The molecule has 0 bridgehead atoms. The van der Waals surface area contributed by atoms with E-state index in [-0.39, 0.29) is 0 Å². The summed E-state index contributed by atoms with van der Waals surface area (Å²) in [7, 11) is 0. The van der Waals surface area contributed by atoms with Crippen molar-refractivity contribution in [3.63, 3.8) is 0 Å². The van der Waals surface area contributed by atoms with Crippen molar-refractivity contribution in [3.05, 3.63) is 66.7 Å². The molecule has 98 valence electrons. The maximum Gasteiger partial charge on any atom is 0.335 e. The minimum absolute atomic E-state index is 0.441. The molecular formula is C18H14O2. The number of rotatable bonds is 2. The van der Waals surface area contributed by atoms with Crippen LogP contribution in [0, 0.1) is 6.92 Å². The van der Waals surface area contributed by atoms with Crippen LogP contribution in [0.5, 0.6) is 5.75 Å². The Morgan fingerprint density at radius 3 is 2.60 bits per heavy atom. The van der Waals surface area contributed by atoms with Crippen molar-refractivity contribution >= 4 is 27.5 Å². The van der Waals surface area contributed by atoms with E-state index in [1.807, 2.05) is 43.3 Å². The van der Waals surface area contributed by atoms with Crippen LogP contribution in [0.4, 0.5) is 0 Å². The fourth-order valence-corrected chi connectivity index (χ4v) is 2.39. The van der Waals surface area contributed by atoms with Crippen LogP contribution >= 0.6 is 0 Å². The topological polar surface area (TPSA) is 26.3 Å². The SMILES string of the molecule is C=CC(=O)Oc1c2ccccc2cc2ccc(C)cc12. The maximum absolute atomic E-state index is 11.6. The van der Waals surface area contributed by atoms with E-state index in [4.69, 9.17) is 4.74 Å². The molecule has 2 nitrogen and oxygen atoms in total. The van der Waals surface area contributed by atoms with Crippen LogP contribution in [-0.4, -0.2) is 5.97 Å². The number of benzene rings is 3. The Kier molecular flexibility index (Phi) is 2.99. The molecule has 0 aliphatic heterocycles. The van der Waals surface area contributed by atoms with Gasteiger partial charge in [-0.25, -0.2) is 4.79 Å². The number of esters is 1. The first kappa shape index (κ1) is 12.4. The van der Waals surface area contributed by atoms with Crippen molar-refractivity contribution < 1.29 is 9.53 Å². The first-order valence-electron chi connectivity index (χ1n) is 6.45. The first-order chi connectivity index (χ1) is 9.69. The summed E-state index contributed by atoms with van der Waals surface area (Å²) >= 11 is 0. The van der Waals surface area contributed by atoms with Crippen LogP contribution in [0.25, 0.3) is 21.5 Å². The number of aryl methyl sites for hydroxylation is 1. The van der Waals surface area contributed by atoms with Crippen molar-refractivity contribution in [1.82, 2.24) is 0 Å². The summed E-state index contributed by atoms with van der Waals surface area (Å²) in [4.78, 5) is 11.6. The number of fused-ring (bicyclic) bond motifs is 2. The molecule has 0 saturated heterocycles. The van der Waals surface area contributed by atoms with Gasteiger partial charge < -0.3 is 4.74 Å². The number of carbonyl (C=O) groups excluding carboxylic acids is 1. The fraction of sp³-hybridized carbons (Fsp3) is 0.0556. The summed E-state index contributed by atoms with van der Waals surface area (Å²) in [6, 6.07) is 16.1. The Balaban J connectivity index is 2.40. The molecule has 0 spiro atoms. The van der Waals surface area contributed by atoms with Crippen LogP contribution in [0.2, 0.25) is 0 Å². The molecule has 3 aromatic carbocycles. The summed E-state index contributed by atoms with van der Waals surface area (Å²) in [5, 5.41) is 3.98. The Morgan fingerprint density at radius 1 is 1.05 bits per heavy atom. The summed E-state index contributed by atoms with van der Waals surface area (Å²) < 4.78 is 5.49. The molecule has 0 N–H and O–H groups in total. The standard InChI is InChI=1S/C18H14O2/c1-3-17(19)20-18-15-7-5-4-6-13(15)11-14-9-8-12(2)10-16(14)18/h3-11H,1H2,2H3. The second-order valence-electron chi connectivity index (χ2n) is 4.78. The Morgan fingerprint density at radius 2 is 1.80 bits per heavy atom. The average Bonchev–Trinajstić information content (AvgIpc) is 2.47. The minimum Gasteiger partial charge on any atom is -0.422 e. The van der Waals surface area contributed by atoms with Crippen LogP contribution in [0.15, 0.2) is 61.2 Å². The maximum atomic E-state index is 11.6. The van der Waals surface area contributed by atoms with E-state index in [0.717, 1.165) is 27.1 Å².